The molecule has 0 spiro atoms. The van der Waals surface area contributed by atoms with E-state index in [4.69, 9.17) is 0 Å². The largest absolute Gasteiger partial charge is 0.347 e. The summed E-state index contributed by atoms with van der Waals surface area (Å²) in [6, 6.07) is 15.2. The summed E-state index contributed by atoms with van der Waals surface area (Å²) in [5.41, 5.74) is 2.63. The van der Waals surface area contributed by atoms with Crippen molar-refractivity contribution in [1.82, 2.24) is 20.1 Å². The lowest BCUT2D eigenvalue weighted by atomic mass is 10.1. The van der Waals surface area contributed by atoms with Crippen molar-refractivity contribution in [1.29, 1.82) is 0 Å². The maximum atomic E-state index is 12.1. The lowest BCUT2D eigenvalue weighted by Gasteiger charge is -2.10. The summed E-state index contributed by atoms with van der Waals surface area (Å²) in [5.74, 6) is -0.172. The number of rotatable bonds is 5. The Morgan fingerprint density at radius 3 is 2.55 bits per heavy atom. The first-order valence-electron chi connectivity index (χ1n) is 7.06. The SMILES string of the molecule is O=C(NCc1ccccc1Cn1cccn1)c1ccccn1. The van der Waals surface area contributed by atoms with Crippen LogP contribution in [0.25, 0.3) is 0 Å². The van der Waals surface area contributed by atoms with Crippen LogP contribution < -0.4 is 5.32 Å². The van der Waals surface area contributed by atoms with Gasteiger partial charge in [0, 0.05) is 25.1 Å². The van der Waals surface area contributed by atoms with Crippen LogP contribution in [0.3, 0.4) is 0 Å². The number of aromatic nitrogens is 3. The van der Waals surface area contributed by atoms with E-state index in [1.165, 1.54) is 0 Å². The average Bonchev–Trinajstić information content (AvgIpc) is 3.07. The van der Waals surface area contributed by atoms with Crippen molar-refractivity contribution in [3.63, 3.8) is 0 Å². The lowest BCUT2D eigenvalue weighted by molar-refractivity contribution is 0.0946. The smallest absolute Gasteiger partial charge is 0.270 e. The van der Waals surface area contributed by atoms with Crippen LogP contribution in [-0.4, -0.2) is 20.7 Å². The number of nitrogens with zero attached hydrogens (tertiary/aromatic N) is 3. The van der Waals surface area contributed by atoms with E-state index in [0.717, 1.165) is 11.1 Å². The molecule has 0 aliphatic rings. The van der Waals surface area contributed by atoms with Gasteiger partial charge in [-0.3, -0.25) is 14.5 Å². The minimum absolute atomic E-state index is 0.172. The molecule has 0 aliphatic carbocycles. The summed E-state index contributed by atoms with van der Waals surface area (Å²) >= 11 is 0. The molecule has 5 heteroatoms. The second-order valence-corrected chi connectivity index (χ2v) is 4.87. The lowest BCUT2D eigenvalue weighted by Crippen LogP contribution is -2.24. The molecule has 1 aromatic carbocycles. The molecule has 0 aliphatic heterocycles. The molecular formula is C17H16N4O. The van der Waals surface area contributed by atoms with Crippen molar-refractivity contribution in [3.05, 3.63) is 83.9 Å². The zero-order valence-corrected chi connectivity index (χ0v) is 12.0. The van der Waals surface area contributed by atoms with E-state index in [-0.39, 0.29) is 5.91 Å². The van der Waals surface area contributed by atoms with E-state index in [1.54, 1.807) is 30.6 Å². The fourth-order valence-corrected chi connectivity index (χ4v) is 2.22. The van der Waals surface area contributed by atoms with Gasteiger partial charge >= 0.3 is 0 Å². The molecule has 0 saturated carbocycles. The number of hydrogen-bond acceptors (Lipinski definition) is 3. The summed E-state index contributed by atoms with van der Waals surface area (Å²) in [6.45, 7) is 1.15. The van der Waals surface area contributed by atoms with Gasteiger partial charge in [0.05, 0.1) is 6.54 Å². The summed E-state index contributed by atoms with van der Waals surface area (Å²) in [5, 5.41) is 7.12. The molecule has 2 aromatic heterocycles. The molecule has 1 amide bonds. The van der Waals surface area contributed by atoms with E-state index in [1.807, 2.05) is 41.2 Å². The van der Waals surface area contributed by atoms with Gasteiger partial charge in [0.25, 0.3) is 5.91 Å². The van der Waals surface area contributed by atoms with Crippen molar-refractivity contribution < 1.29 is 4.79 Å². The second-order valence-electron chi connectivity index (χ2n) is 4.87. The second kappa shape index (κ2) is 6.67. The maximum Gasteiger partial charge on any atom is 0.270 e. The molecule has 3 aromatic rings. The first-order valence-corrected chi connectivity index (χ1v) is 7.06. The highest BCUT2D eigenvalue weighted by molar-refractivity contribution is 5.92. The molecule has 0 unspecified atom stereocenters. The van der Waals surface area contributed by atoms with Gasteiger partial charge in [0.1, 0.15) is 5.69 Å². The molecule has 22 heavy (non-hydrogen) atoms. The number of pyridine rings is 1. The van der Waals surface area contributed by atoms with E-state index >= 15 is 0 Å². The van der Waals surface area contributed by atoms with Gasteiger partial charge < -0.3 is 5.32 Å². The van der Waals surface area contributed by atoms with Crippen LogP contribution in [-0.2, 0) is 13.1 Å². The highest BCUT2D eigenvalue weighted by Crippen LogP contribution is 2.10. The zero-order valence-electron chi connectivity index (χ0n) is 12.0. The third-order valence-corrected chi connectivity index (χ3v) is 3.35. The molecule has 0 saturated heterocycles. The molecule has 110 valence electrons. The fourth-order valence-electron chi connectivity index (χ4n) is 2.22. The van der Waals surface area contributed by atoms with Gasteiger partial charge in [0.2, 0.25) is 0 Å². The highest BCUT2D eigenvalue weighted by Gasteiger charge is 2.08. The van der Waals surface area contributed by atoms with Crippen LogP contribution in [0.2, 0.25) is 0 Å². The predicted octanol–water partition coefficient (Wildman–Crippen LogP) is 2.26. The molecule has 3 rings (SSSR count). The Morgan fingerprint density at radius 2 is 1.82 bits per heavy atom. The zero-order chi connectivity index (χ0) is 15.2. The molecule has 0 fully saturated rings. The number of amides is 1. The monoisotopic (exact) mass is 292 g/mol. The Bertz CT molecular complexity index is 738. The van der Waals surface area contributed by atoms with E-state index in [2.05, 4.69) is 15.4 Å². The van der Waals surface area contributed by atoms with E-state index in [9.17, 15) is 4.79 Å². The molecule has 2 heterocycles. The van der Waals surface area contributed by atoms with Gasteiger partial charge in [-0.05, 0) is 29.3 Å². The van der Waals surface area contributed by atoms with Crippen LogP contribution in [0.1, 0.15) is 21.6 Å². The van der Waals surface area contributed by atoms with Gasteiger partial charge in [-0.2, -0.15) is 5.10 Å². The van der Waals surface area contributed by atoms with Crippen LogP contribution in [0.15, 0.2) is 67.1 Å². The Morgan fingerprint density at radius 1 is 1.00 bits per heavy atom. The highest BCUT2D eigenvalue weighted by atomic mass is 16.1. The van der Waals surface area contributed by atoms with Crippen molar-refractivity contribution >= 4 is 5.91 Å². The number of nitrogens with one attached hydrogen (secondary N) is 1. The number of carbonyl (C=O) groups is 1. The summed E-state index contributed by atoms with van der Waals surface area (Å²) < 4.78 is 1.86. The molecule has 0 radical (unpaired) electrons. The normalized spacial score (nSPS) is 10.4. The standard InChI is InChI=1S/C17H16N4O/c22-17(16-8-3-4-9-18-16)19-12-14-6-1-2-7-15(14)13-21-11-5-10-20-21/h1-11H,12-13H2,(H,19,22). The minimum Gasteiger partial charge on any atom is -0.347 e. The molecule has 5 nitrogen and oxygen atoms in total. The van der Waals surface area contributed by atoms with E-state index in [0.29, 0.717) is 18.8 Å². The summed E-state index contributed by atoms with van der Waals surface area (Å²) in [6.07, 6.45) is 5.29. The first-order chi connectivity index (χ1) is 10.8. The quantitative estimate of drug-likeness (QED) is 0.784. The number of carbonyl (C=O) groups excluding carboxylic acids is 1. The minimum atomic E-state index is -0.172. The first kappa shape index (κ1) is 14.0. The van der Waals surface area contributed by atoms with Crippen LogP contribution in [0, 0.1) is 0 Å². The fraction of sp³-hybridized carbons (Fsp3) is 0.118. The summed E-state index contributed by atoms with van der Waals surface area (Å²) in [4.78, 5) is 16.1. The Balaban J connectivity index is 1.69. The third kappa shape index (κ3) is 3.38. The van der Waals surface area contributed by atoms with Crippen LogP contribution in [0.4, 0.5) is 0 Å². The summed E-state index contributed by atoms with van der Waals surface area (Å²) in [7, 11) is 0. The molecule has 0 bridgehead atoms. The van der Waals surface area contributed by atoms with Gasteiger partial charge in [0.15, 0.2) is 0 Å². The Hall–Kier alpha value is -2.95. The van der Waals surface area contributed by atoms with Crippen LogP contribution in [0.5, 0.6) is 0 Å². The van der Waals surface area contributed by atoms with Gasteiger partial charge in [-0.1, -0.05) is 30.3 Å². The predicted molar refractivity (Wildman–Crippen MR) is 83.2 cm³/mol. The maximum absolute atomic E-state index is 12.1. The van der Waals surface area contributed by atoms with Gasteiger partial charge in [-0.25, -0.2) is 0 Å². The van der Waals surface area contributed by atoms with Gasteiger partial charge in [-0.15, -0.1) is 0 Å². The molecule has 1 N–H and O–H groups in total. The molecular weight excluding hydrogens is 276 g/mol. The molecule has 0 atom stereocenters. The van der Waals surface area contributed by atoms with Crippen molar-refractivity contribution in [3.8, 4) is 0 Å². The topological polar surface area (TPSA) is 59.8 Å². The van der Waals surface area contributed by atoms with Crippen LogP contribution >= 0.6 is 0 Å². The van der Waals surface area contributed by atoms with Crippen molar-refractivity contribution in [2.45, 2.75) is 13.1 Å². The number of hydrogen-bond donors (Lipinski definition) is 1. The van der Waals surface area contributed by atoms with E-state index < -0.39 is 0 Å². The Labute approximate surface area is 128 Å². The number of benzene rings is 1. The third-order valence-electron chi connectivity index (χ3n) is 3.35. The van der Waals surface area contributed by atoms with Crippen molar-refractivity contribution in [2.24, 2.45) is 0 Å². The average molecular weight is 292 g/mol. The van der Waals surface area contributed by atoms with Crippen molar-refractivity contribution in [2.75, 3.05) is 0 Å². The Kier molecular flexibility index (Phi) is 4.25.